The summed E-state index contributed by atoms with van der Waals surface area (Å²) in [7, 11) is 3.26. The van der Waals surface area contributed by atoms with Gasteiger partial charge in [-0.05, 0) is 72.1 Å². The Balaban J connectivity index is 1.54. The highest BCUT2D eigenvalue weighted by atomic mass is 35.5. The lowest BCUT2D eigenvalue weighted by Crippen LogP contribution is -2.43. The van der Waals surface area contributed by atoms with Crippen molar-refractivity contribution in [3.63, 3.8) is 0 Å². The summed E-state index contributed by atoms with van der Waals surface area (Å²) < 4.78 is 10.5. The number of rotatable bonds is 4. The van der Waals surface area contributed by atoms with Gasteiger partial charge in [0.1, 0.15) is 11.5 Å². The molecule has 2 amide bonds. The predicted molar refractivity (Wildman–Crippen MR) is 131 cm³/mol. The molecule has 0 spiro atoms. The molecule has 33 heavy (non-hydrogen) atoms. The van der Waals surface area contributed by atoms with E-state index < -0.39 is 0 Å². The highest BCUT2D eigenvalue weighted by Crippen LogP contribution is 2.39. The number of amides is 2. The van der Waals surface area contributed by atoms with Crippen LogP contribution < -0.4 is 14.8 Å². The summed E-state index contributed by atoms with van der Waals surface area (Å²) in [6.45, 7) is 0.575. The van der Waals surface area contributed by atoms with Gasteiger partial charge in [0, 0.05) is 33.9 Å². The van der Waals surface area contributed by atoms with Crippen molar-refractivity contribution in [1.82, 2.24) is 9.88 Å². The molecule has 5 rings (SSSR count). The molecule has 168 valence electrons. The van der Waals surface area contributed by atoms with E-state index in [-0.39, 0.29) is 12.1 Å². The number of carbonyl (C=O) groups excluding carboxylic acids is 1. The van der Waals surface area contributed by atoms with Gasteiger partial charge >= 0.3 is 6.03 Å². The molecule has 6 nitrogen and oxygen atoms in total. The third kappa shape index (κ3) is 3.98. The number of aromatic nitrogens is 1. The minimum Gasteiger partial charge on any atom is -0.497 e. The summed E-state index contributed by atoms with van der Waals surface area (Å²) in [6.07, 6.45) is 0.734. The fourth-order valence-corrected chi connectivity index (χ4v) is 4.65. The summed E-state index contributed by atoms with van der Waals surface area (Å²) in [6, 6.07) is 20.6. The van der Waals surface area contributed by atoms with Gasteiger partial charge in [0.25, 0.3) is 0 Å². The molecule has 7 heteroatoms. The zero-order valence-electron chi connectivity index (χ0n) is 18.4. The van der Waals surface area contributed by atoms with Crippen LogP contribution in [0.5, 0.6) is 11.5 Å². The van der Waals surface area contributed by atoms with E-state index in [9.17, 15) is 4.79 Å². The quantitative estimate of drug-likeness (QED) is 0.390. The normalized spacial score (nSPS) is 15.2. The number of nitrogens with one attached hydrogen (secondary N) is 2. The van der Waals surface area contributed by atoms with E-state index in [0.717, 1.165) is 40.1 Å². The van der Waals surface area contributed by atoms with Gasteiger partial charge in [-0.25, -0.2) is 4.79 Å². The lowest BCUT2D eigenvalue weighted by Gasteiger charge is -2.36. The first kappa shape index (κ1) is 21.2. The van der Waals surface area contributed by atoms with E-state index in [0.29, 0.717) is 17.3 Å². The van der Waals surface area contributed by atoms with E-state index >= 15 is 0 Å². The zero-order valence-corrected chi connectivity index (χ0v) is 19.1. The lowest BCUT2D eigenvalue weighted by atomic mass is 9.92. The molecule has 1 aromatic heterocycles. The Bertz CT molecular complexity index is 1300. The second-order valence-corrected chi connectivity index (χ2v) is 8.42. The Kier molecular flexibility index (Phi) is 5.60. The van der Waals surface area contributed by atoms with Gasteiger partial charge in [-0.2, -0.15) is 0 Å². The predicted octanol–water partition coefficient (Wildman–Crippen LogP) is 6.02. The van der Waals surface area contributed by atoms with Crippen LogP contribution in [0, 0.1) is 0 Å². The maximum Gasteiger partial charge on any atom is 0.322 e. The van der Waals surface area contributed by atoms with Crippen molar-refractivity contribution in [1.29, 1.82) is 0 Å². The van der Waals surface area contributed by atoms with Crippen LogP contribution in [0.2, 0.25) is 5.02 Å². The molecule has 1 atom stereocenters. The first-order valence-electron chi connectivity index (χ1n) is 10.7. The summed E-state index contributed by atoms with van der Waals surface area (Å²) in [5.74, 6) is 1.51. The summed E-state index contributed by atoms with van der Waals surface area (Å²) in [4.78, 5) is 18.9. The monoisotopic (exact) mass is 461 g/mol. The number of hydrogen-bond acceptors (Lipinski definition) is 3. The Morgan fingerprint density at radius 3 is 2.33 bits per heavy atom. The number of aromatic amines is 1. The van der Waals surface area contributed by atoms with Crippen molar-refractivity contribution in [2.45, 2.75) is 12.5 Å². The highest BCUT2D eigenvalue weighted by Gasteiger charge is 2.34. The standard InChI is InChI=1S/C26H24ClN3O3/c1-32-19-8-3-16(4-9-19)25-24-21(22-15-17(27)5-12-23(22)29-24)13-14-30(25)26(31)28-18-6-10-20(33-2)11-7-18/h3-12,15,25,29H,13-14H2,1-2H3,(H,28,31)/t25-/m0/s1. The van der Waals surface area contributed by atoms with Gasteiger partial charge in [0.05, 0.1) is 20.3 Å². The van der Waals surface area contributed by atoms with Crippen LogP contribution in [0.15, 0.2) is 66.7 Å². The summed E-state index contributed by atoms with van der Waals surface area (Å²) in [5, 5.41) is 4.83. The van der Waals surface area contributed by atoms with Crippen LogP contribution in [-0.2, 0) is 6.42 Å². The van der Waals surface area contributed by atoms with Crippen molar-refractivity contribution in [3.8, 4) is 11.5 Å². The Labute approximate surface area is 197 Å². The highest BCUT2D eigenvalue weighted by molar-refractivity contribution is 6.31. The fraction of sp³-hybridized carbons (Fsp3) is 0.192. The van der Waals surface area contributed by atoms with Crippen molar-refractivity contribution in [2.75, 3.05) is 26.1 Å². The van der Waals surface area contributed by atoms with E-state index in [4.69, 9.17) is 21.1 Å². The van der Waals surface area contributed by atoms with Gasteiger partial charge in [-0.3, -0.25) is 0 Å². The number of hydrogen-bond donors (Lipinski definition) is 2. The summed E-state index contributed by atoms with van der Waals surface area (Å²) >= 11 is 6.28. The number of H-pyrrole nitrogens is 1. The van der Waals surface area contributed by atoms with Gasteiger partial charge in [-0.1, -0.05) is 23.7 Å². The lowest BCUT2D eigenvalue weighted by molar-refractivity contribution is 0.193. The van der Waals surface area contributed by atoms with E-state index in [2.05, 4.69) is 10.3 Å². The van der Waals surface area contributed by atoms with Crippen molar-refractivity contribution < 1.29 is 14.3 Å². The van der Waals surface area contributed by atoms with E-state index in [1.807, 2.05) is 71.6 Å². The Hall–Kier alpha value is -3.64. The van der Waals surface area contributed by atoms with Crippen LogP contribution in [0.3, 0.4) is 0 Å². The number of halogens is 1. The van der Waals surface area contributed by atoms with Crippen LogP contribution in [0.1, 0.15) is 22.9 Å². The number of ether oxygens (including phenoxy) is 2. The zero-order chi connectivity index (χ0) is 22.9. The van der Waals surface area contributed by atoms with Crippen LogP contribution in [0.25, 0.3) is 10.9 Å². The number of nitrogens with zero attached hydrogens (tertiary/aromatic N) is 1. The van der Waals surface area contributed by atoms with Gasteiger partial charge < -0.3 is 24.7 Å². The number of carbonyl (C=O) groups is 1. The molecule has 0 unspecified atom stereocenters. The first-order valence-corrected chi connectivity index (χ1v) is 11.1. The number of methoxy groups -OCH3 is 2. The third-order valence-corrected chi connectivity index (χ3v) is 6.36. The van der Waals surface area contributed by atoms with Gasteiger partial charge in [0.15, 0.2) is 0 Å². The fourth-order valence-electron chi connectivity index (χ4n) is 4.48. The maximum absolute atomic E-state index is 13.4. The topological polar surface area (TPSA) is 66.6 Å². The van der Waals surface area contributed by atoms with E-state index in [1.54, 1.807) is 14.2 Å². The van der Waals surface area contributed by atoms with Gasteiger partial charge in [0.2, 0.25) is 0 Å². The molecule has 1 aliphatic heterocycles. The summed E-state index contributed by atoms with van der Waals surface area (Å²) in [5.41, 5.74) is 4.93. The molecule has 0 bridgehead atoms. The minimum absolute atomic E-state index is 0.164. The average Bonchev–Trinajstić information content (AvgIpc) is 3.21. The molecule has 0 saturated carbocycles. The molecule has 0 saturated heterocycles. The largest absolute Gasteiger partial charge is 0.497 e. The average molecular weight is 462 g/mol. The second kappa shape index (κ2) is 8.71. The van der Waals surface area contributed by atoms with E-state index in [1.165, 1.54) is 5.56 Å². The maximum atomic E-state index is 13.4. The SMILES string of the molecule is COc1ccc(NC(=O)N2CCc3c([nH]c4ccc(Cl)cc34)[C@@H]2c2ccc(OC)cc2)cc1. The van der Waals surface area contributed by atoms with Crippen LogP contribution >= 0.6 is 11.6 Å². The molecule has 1 aliphatic rings. The Morgan fingerprint density at radius 2 is 1.67 bits per heavy atom. The number of urea groups is 1. The molecular formula is C26H24ClN3O3. The third-order valence-electron chi connectivity index (χ3n) is 6.12. The molecule has 2 N–H and O–H groups in total. The van der Waals surface area contributed by atoms with Crippen molar-refractivity contribution >= 4 is 34.2 Å². The second-order valence-electron chi connectivity index (χ2n) is 7.98. The molecule has 0 radical (unpaired) electrons. The smallest absolute Gasteiger partial charge is 0.322 e. The molecule has 3 aromatic carbocycles. The molecule has 0 aliphatic carbocycles. The molecule has 2 heterocycles. The van der Waals surface area contributed by atoms with Gasteiger partial charge in [-0.15, -0.1) is 0 Å². The number of benzene rings is 3. The Morgan fingerprint density at radius 1 is 1.00 bits per heavy atom. The van der Waals surface area contributed by atoms with Crippen molar-refractivity contribution in [3.05, 3.63) is 88.6 Å². The van der Waals surface area contributed by atoms with Crippen molar-refractivity contribution in [2.24, 2.45) is 0 Å². The minimum atomic E-state index is -0.274. The number of fused-ring (bicyclic) bond motifs is 3. The van der Waals surface area contributed by atoms with Crippen LogP contribution in [0.4, 0.5) is 10.5 Å². The number of anilines is 1. The van der Waals surface area contributed by atoms with Crippen LogP contribution in [-0.4, -0.2) is 36.7 Å². The molecule has 4 aromatic rings. The molecule has 0 fully saturated rings. The first-order chi connectivity index (χ1) is 16.1. The molecular weight excluding hydrogens is 438 g/mol.